The number of carbonyl (C=O) groups excluding carboxylic acids is 2. The van der Waals surface area contributed by atoms with Gasteiger partial charge in [0.1, 0.15) is 0 Å². The fourth-order valence-electron chi connectivity index (χ4n) is 3.08. The Morgan fingerprint density at radius 3 is 2.45 bits per heavy atom. The summed E-state index contributed by atoms with van der Waals surface area (Å²) >= 11 is 0. The Labute approximate surface area is 133 Å². The second-order valence-electron chi connectivity index (χ2n) is 5.93. The number of likely N-dealkylation sites (tertiary alicyclic amines) is 1. The first-order valence-corrected chi connectivity index (χ1v) is 8.22. The summed E-state index contributed by atoms with van der Waals surface area (Å²) in [6, 6.07) is 8.07. The van der Waals surface area contributed by atoms with E-state index < -0.39 is 0 Å². The van der Waals surface area contributed by atoms with Crippen LogP contribution >= 0.6 is 0 Å². The van der Waals surface area contributed by atoms with E-state index in [1.165, 1.54) is 0 Å². The maximum Gasteiger partial charge on any atom is 0.230 e. The van der Waals surface area contributed by atoms with E-state index in [-0.39, 0.29) is 17.7 Å². The summed E-state index contributed by atoms with van der Waals surface area (Å²) in [6.45, 7) is 8.02. The molecule has 4 heteroatoms. The first-order valence-electron chi connectivity index (χ1n) is 8.22. The van der Waals surface area contributed by atoms with Gasteiger partial charge in [0.05, 0.1) is 0 Å². The molecule has 120 valence electrons. The van der Waals surface area contributed by atoms with Gasteiger partial charge in [0.2, 0.25) is 11.8 Å². The van der Waals surface area contributed by atoms with Gasteiger partial charge in [0.25, 0.3) is 0 Å². The normalized spacial score (nSPS) is 15.7. The Kier molecular flexibility index (Phi) is 5.58. The number of amides is 2. The van der Waals surface area contributed by atoms with E-state index in [0.717, 1.165) is 24.1 Å². The Hall–Kier alpha value is -1.84. The molecule has 22 heavy (non-hydrogen) atoms. The SMILES string of the molecule is CCC(=O)N1CCC(C(=O)N(CC)c2cccc(C)c2)CC1. The number of hydrogen-bond donors (Lipinski definition) is 0. The molecule has 0 aromatic heterocycles. The van der Waals surface area contributed by atoms with Crippen LogP contribution in [0.4, 0.5) is 5.69 Å². The molecule has 1 aromatic carbocycles. The summed E-state index contributed by atoms with van der Waals surface area (Å²) in [5.41, 5.74) is 2.13. The van der Waals surface area contributed by atoms with E-state index >= 15 is 0 Å². The number of anilines is 1. The Morgan fingerprint density at radius 2 is 1.91 bits per heavy atom. The van der Waals surface area contributed by atoms with E-state index in [1.807, 2.05) is 48.8 Å². The van der Waals surface area contributed by atoms with E-state index in [1.54, 1.807) is 0 Å². The topological polar surface area (TPSA) is 40.6 Å². The van der Waals surface area contributed by atoms with Crippen molar-refractivity contribution < 1.29 is 9.59 Å². The van der Waals surface area contributed by atoms with E-state index in [2.05, 4.69) is 6.07 Å². The van der Waals surface area contributed by atoms with Gasteiger partial charge in [-0.2, -0.15) is 0 Å². The molecule has 1 saturated heterocycles. The van der Waals surface area contributed by atoms with E-state index in [4.69, 9.17) is 0 Å². The summed E-state index contributed by atoms with van der Waals surface area (Å²) in [7, 11) is 0. The van der Waals surface area contributed by atoms with Gasteiger partial charge < -0.3 is 9.80 Å². The molecule has 0 spiro atoms. The number of benzene rings is 1. The third-order valence-electron chi connectivity index (χ3n) is 4.39. The van der Waals surface area contributed by atoms with Crippen molar-refractivity contribution in [1.29, 1.82) is 0 Å². The molecule has 1 aliphatic rings. The van der Waals surface area contributed by atoms with Crippen molar-refractivity contribution in [1.82, 2.24) is 4.90 Å². The fourth-order valence-corrected chi connectivity index (χ4v) is 3.08. The van der Waals surface area contributed by atoms with Crippen molar-refractivity contribution in [2.75, 3.05) is 24.5 Å². The van der Waals surface area contributed by atoms with Crippen LogP contribution in [0.3, 0.4) is 0 Å². The zero-order chi connectivity index (χ0) is 16.1. The highest BCUT2D eigenvalue weighted by Gasteiger charge is 2.29. The second-order valence-corrected chi connectivity index (χ2v) is 5.93. The minimum atomic E-state index is 0.0290. The van der Waals surface area contributed by atoms with Gasteiger partial charge >= 0.3 is 0 Å². The molecule has 1 fully saturated rings. The highest BCUT2D eigenvalue weighted by Crippen LogP contribution is 2.24. The summed E-state index contributed by atoms with van der Waals surface area (Å²) in [4.78, 5) is 28.3. The number of rotatable bonds is 4. The third-order valence-corrected chi connectivity index (χ3v) is 4.39. The number of hydrogen-bond acceptors (Lipinski definition) is 2. The van der Waals surface area contributed by atoms with Crippen molar-refractivity contribution >= 4 is 17.5 Å². The minimum absolute atomic E-state index is 0.0290. The lowest BCUT2D eigenvalue weighted by atomic mass is 9.94. The molecule has 1 aliphatic heterocycles. The van der Waals surface area contributed by atoms with Crippen molar-refractivity contribution in [3.05, 3.63) is 29.8 Å². The monoisotopic (exact) mass is 302 g/mol. The van der Waals surface area contributed by atoms with Gasteiger partial charge in [0, 0.05) is 37.7 Å². The average molecular weight is 302 g/mol. The second kappa shape index (κ2) is 7.43. The summed E-state index contributed by atoms with van der Waals surface area (Å²) in [5.74, 6) is 0.412. The average Bonchev–Trinajstić information content (AvgIpc) is 2.55. The zero-order valence-corrected chi connectivity index (χ0v) is 13.8. The quantitative estimate of drug-likeness (QED) is 0.858. The van der Waals surface area contributed by atoms with Crippen molar-refractivity contribution in [2.45, 2.75) is 40.0 Å². The van der Waals surface area contributed by atoms with Crippen LogP contribution in [0, 0.1) is 12.8 Å². The van der Waals surface area contributed by atoms with Gasteiger partial charge in [-0.3, -0.25) is 9.59 Å². The first kappa shape index (κ1) is 16.5. The van der Waals surface area contributed by atoms with Crippen LogP contribution in [-0.4, -0.2) is 36.3 Å². The highest BCUT2D eigenvalue weighted by molar-refractivity contribution is 5.95. The highest BCUT2D eigenvalue weighted by atomic mass is 16.2. The number of carbonyl (C=O) groups is 2. The lowest BCUT2D eigenvalue weighted by Gasteiger charge is -2.34. The van der Waals surface area contributed by atoms with Gasteiger partial charge in [-0.25, -0.2) is 0 Å². The number of piperidine rings is 1. The third kappa shape index (κ3) is 3.67. The molecule has 0 N–H and O–H groups in total. The van der Waals surface area contributed by atoms with Crippen LogP contribution in [0.1, 0.15) is 38.7 Å². The number of aryl methyl sites for hydroxylation is 1. The molecular formula is C18H26N2O2. The van der Waals surface area contributed by atoms with Crippen LogP contribution in [0.2, 0.25) is 0 Å². The Balaban J connectivity index is 2.03. The van der Waals surface area contributed by atoms with Crippen molar-refractivity contribution in [2.24, 2.45) is 5.92 Å². The molecule has 1 heterocycles. The van der Waals surface area contributed by atoms with Gasteiger partial charge in [0.15, 0.2) is 0 Å². The summed E-state index contributed by atoms with van der Waals surface area (Å²) in [5, 5.41) is 0. The summed E-state index contributed by atoms with van der Waals surface area (Å²) in [6.07, 6.45) is 2.09. The van der Waals surface area contributed by atoms with Crippen LogP contribution < -0.4 is 4.90 Å². The van der Waals surface area contributed by atoms with Crippen LogP contribution in [0.25, 0.3) is 0 Å². The lowest BCUT2D eigenvalue weighted by molar-refractivity contribution is -0.134. The van der Waals surface area contributed by atoms with Crippen LogP contribution in [0.5, 0.6) is 0 Å². The maximum absolute atomic E-state index is 12.8. The van der Waals surface area contributed by atoms with Crippen molar-refractivity contribution in [3.8, 4) is 0 Å². The zero-order valence-electron chi connectivity index (χ0n) is 13.8. The Bertz CT molecular complexity index is 534. The van der Waals surface area contributed by atoms with Crippen LogP contribution in [0.15, 0.2) is 24.3 Å². The molecule has 1 aromatic rings. The molecule has 0 atom stereocenters. The minimum Gasteiger partial charge on any atom is -0.343 e. The standard InChI is InChI=1S/C18H26N2O2/c1-4-17(21)19-11-9-15(10-12-19)18(22)20(5-2)16-8-6-7-14(3)13-16/h6-8,13,15H,4-5,9-12H2,1-3H3. The molecule has 2 amide bonds. The number of nitrogens with zero attached hydrogens (tertiary/aromatic N) is 2. The summed E-state index contributed by atoms with van der Waals surface area (Å²) < 4.78 is 0. The first-order chi connectivity index (χ1) is 10.6. The van der Waals surface area contributed by atoms with Crippen molar-refractivity contribution in [3.63, 3.8) is 0 Å². The van der Waals surface area contributed by atoms with Gasteiger partial charge in [-0.1, -0.05) is 19.1 Å². The molecule has 0 bridgehead atoms. The van der Waals surface area contributed by atoms with Gasteiger partial charge in [-0.15, -0.1) is 0 Å². The molecule has 2 rings (SSSR count). The van der Waals surface area contributed by atoms with E-state index in [9.17, 15) is 9.59 Å². The smallest absolute Gasteiger partial charge is 0.230 e. The molecule has 0 aliphatic carbocycles. The van der Waals surface area contributed by atoms with Crippen LogP contribution in [-0.2, 0) is 9.59 Å². The fraction of sp³-hybridized carbons (Fsp3) is 0.556. The molecule has 0 unspecified atom stereocenters. The molecule has 0 radical (unpaired) electrons. The Morgan fingerprint density at radius 1 is 1.23 bits per heavy atom. The maximum atomic E-state index is 12.8. The van der Waals surface area contributed by atoms with E-state index in [0.29, 0.717) is 26.1 Å². The molecular weight excluding hydrogens is 276 g/mol. The predicted molar refractivity (Wildman–Crippen MR) is 88.8 cm³/mol. The largest absolute Gasteiger partial charge is 0.343 e. The predicted octanol–water partition coefficient (Wildman–Crippen LogP) is 3.00. The molecule has 0 saturated carbocycles. The van der Waals surface area contributed by atoms with Gasteiger partial charge in [-0.05, 0) is 44.4 Å². The molecule has 4 nitrogen and oxygen atoms in total. The lowest BCUT2D eigenvalue weighted by Crippen LogP contribution is -2.44.